The zero-order chi connectivity index (χ0) is 21.3. The van der Waals surface area contributed by atoms with Gasteiger partial charge in [-0.2, -0.15) is 13.2 Å². The predicted molar refractivity (Wildman–Crippen MR) is 107 cm³/mol. The van der Waals surface area contributed by atoms with Crippen molar-refractivity contribution in [3.8, 4) is 11.4 Å². The van der Waals surface area contributed by atoms with Crippen LogP contribution < -0.4 is 5.32 Å². The Kier molecular flexibility index (Phi) is 5.51. The largest absolute Gasteiger partial charge is 0.417 e. The van der Waals surface area contributed by atoms with Crippen molar-refractivity contribution in [1.29, 1.82) is 0 Å². The van der Waals surface area contributed by atoms with Crippen molar-refractivity contribution >= 4 is 23.2 Å². The first-order chi connectivity index (χ1) is 14.3. The number of hydrogen-bond donors (Lipinski definition) is 1. The van der Waals surface area contributed by atoms with Crippen LogP contribution in [0.2, 0.25) is 5.02 Å². The molecule has 0 unspecified atom stereocenters. The van der Waals surface area contributed by atoms with Gasteiger partial charge in [-0.05, 0) is 43.2 Å². The first kappa shape index (κ1) is 20.4. The van der Waals surface area contributed by atoms with Gasteiger partial charge in [-0.3, -0.25) is 4.79 Å². The van der Waals surface area contributed by atoms with Gasteiger partial charge in [0.05, 0.1) is 16.1 Å². The molecule has 156 valence electrons. The highest BCUT2D eigenvalue weighted by molar-refractivity contribution is 6.33. The summed E-state index contributed by atoms with van der Waals surface area (Å²) < 4.78 is 41.7. The monoisotopic (exact) mass is 434 g/mol. The van der Waals surface area contributed by atoms with Gasteiger partial charge in [0.2, 0.25) is 0 Å². The van der Waals surface area contributed by atoms with E-state index in [1.807, 2.05) is 4.57 Å². The number of fused-ring (bicyclic) bond motifs is 1. The Hall–Kier alpha value is -2.87. The highest BCUT2D eigenvalue weighted by Crippen LogP contribution is 2.34. The third kappa shape index (κ3) is 4.05. The Morgan fingerprint density at radius 2 is 1.87 bits per heavy atom. The number of anilines is 1. The van der Waals surface area contributed by atoms with E-state index in [0.29, 0.717) is 22.1 Å². The summed E-state index contributed by atoms with van der Waals surface area (Å²) in [5.74, 6) is 0.618. The quantitative estimate of drug-likeness (QED) is 0.584. The molecule has 0 bridgehead atoms. The summed E-state index contributed by atoms with van der Waals surface area (Å²) >= 11 is 6.37. The highest BCUT2D eigenvalue weighted by Gasteiger charge is 2.34. The number of amides is 1. The Balaban J connectivity index is 1.66. The van der Waals surface area contributed by atoms with Crippen molar-refractivity contribution in [2.24, 2.45) is 0 Å². The van der Waals surface area contributed by atoms with Gasteiger partial charge in [0, 0.05) is 24.2 Å². The fourth-order valence-electron chi connectivity index (χ4n) is 3.59. The molecule has 0 fully saturated rings. The second kappa shape index (κ2) is 8.10. The molecule has 0 radical (unpaired) electrons. The molecule has 0 atom stereocenters. The van der Waals surface area contributed by atoms with Crippen molar-refractivity contribution < 1.29 is 18.0 Å². The second-order valence-electron chi connectivity index (χ2n) is 7.09. The van der Waals surface area contributed by atoms with Gasteiger partial charge in [0.1, 0.15) is 5.82 Å². The zero-order valence-corrected chi connectivity index (χ0v) is 16.6. The van der Waals surface area contributed by atoms with Crippen molar-refractivity contribution in [2.75, 3.05) is 5.32 Å². The molecule has 1 aliphatic heterocycles. The van der Waals surface area contributed by atoms with Gasteiger partial charge in [-0.15, -0.1) is 10.2 Å². The number of rotatable bonds is 3. The Morgan fingerprint density at radius 3 is 2.67 bits per heavy atom. The number of nitrogens with one attached hydrogen (secondary N) is 1. The molecule has 5 nitrogen and oxygen atoms in total. The lowest BCUT2D eigenvalue weighted by Crippen LogP contribution is -2.18. The van der Waals surface area contributed by atoms with Crippen LogP contribution in [0, 0.1) is 0 Å². The first-order valence-corrected chi connectivity index (χ1v) is 9.92. The van der Waals surface area contributed by atoms with Gasteiger partial charge >= 0.3 is 6.18 Å². The summed E-state index contributed by atoms with van der Waals surface area (Å²) in [5, 5.41) is 11.5. The maximum absolute atomic E-state index is 13.2. The molecule has 2 aromatic carbocycles. The zero-order valence-electron chi connectivity index (χ0n) is 15.8. The Morgan fingerprint density at radius 1 is 1.07 bits per heavy atom. The Bertz CT molecular complexity index is 1090. The molecule has 1 aliphatic rings. The number of hydrogen-bond acceptors (Lipinski definition) is 3. The number of aromatic nitrogens is 3. The average molecular weight is 435 g/mol. The maximum Gasteiger partial charge on any atom is 0.417 e. The highest BCUT2D eigenvalue weighted by atomic mass is 35.5. The fourth-order valence-corrected chi connectivity index (χ4v) is 3.79. The predicted octanol–water partition coefficient (Wildman–Crippen LogP) is 5.60. The van der Waals surface area contributed by atoms with E-state index in [0.717, 1.165) is 50.2 Å². The number of carbonyl (C=O) groups excluding carboxylic acids is 1. The SMILES string of the molecule is O=C(Nc1ccc(Cl)c(-c2nnc3n2CCCCC3)c1)c1ccccc1C(F)(F)F. The molecule has 0 saturated carbocycles. The van der Waals surface area contributed by atoms with E-state index in [1.54, 1.807) is 18.2 Å². The molecule has 0 saturated heterocycles. The summed E-state index contributed by atoms with van der Waals surface area (Å²) in [6.07, 6.45) is -0.653. The lowest BCUT2D eigenvalue weighted by atomic mass is 10.1. The third-order valence-corrected chi connectivity index (χ3v) is 5.38. The lowest BCUT2D eigenvalue weighted by molar-refractivity contribution is -0.137. The molecule has 30 heavy (non-hydrogen) atoms. The number of nitrogens with zero attached hydrogens (tertiary/aromatic N) is 3. The Labute approximate surface area is 175 Å². The van der Waals surface area contributed by atoms with Crippen LogP contribution in [0.15, 0.2) is 42.5 Å². The molecule has 4 rings (SSSR count). The lowest BCUT2D eigenvalue weighted by Gasteiger charge is -2.14. The summed E-state index contributed by atoms with van der Waals surface area (Å²) in [7, 11) is 0. The van der Waals surface area contributed by atoms with Crippen molar-refractivity contribution in [3.63, 3.8) is 0 Å². The van der Waals surface area contributed by atoms with Gasteiger partial charge in [-0.1, -0.05) is 30.2 Å². The van der Waals surface area contributed by atoms with Crippen molar-refractivity contribution in [2.45, 2.75) is 38.4 Å². The maximum atomic E-state index is 13.2. The first-order valence-electron chi connectivity index (χ1n) is 9.54. The number of alkyl halides is 3. The van der Waals surface area contributed by atoms with E-state index in [2.05, 4.69) is 15.5 Å². The van der Waals surface area contributed by atoms with Crippen molar-refractivity contribution in [1.82, 2.24) is 14.8 Å². The van der Waals surface area contributed by atoms with Crippen LogP contribution in [0.4, 0.5) is 18.9 Å². The summed E-state index contributed by atoms with van der Waals surface area (Å²) in [6.45, 7) is 0.767. The third-order valence-electron chi connectivity index (χ3n) is 5.05. The van der Waals surface area contributed by atoms with Gasteiger partial charge in [-0.25, -0.2) is 0 Å². The second-order valence-corrected chi connectivity index (χ2v) is 7.50. The molecule has 1 N–H and O–H groups in total. The van der Waals surface area contributed by atoms with Crippen LogP contribution in [-0.4, -0.2) is 20.7 Å². The van der Waals surface area contributed by atoms with E-state index in [4.69, 9.17) is 11.6 Å². The number of aryl methyl sites for hydroxylation is 1. The molecule has 2 heterocycles. The summed E-state index contributed by atoms with van der Waals surface area (Å²) in [4.78, 5) is 12.6. The van der Waals surface area contributed by atoms with E-state index < -0.39 is 23.2 Å². The molecule has 9 heteroatoms. The van der Waals surface area contributed by atoms with E-state index in [1.165, 1.54) is 12.1 Å². The molecule has 3 aromatic rings. The van der Waals surface area contributed by atoms with Crippen LogP contribution in [-0.2, 0) is 19.1 Å². The van der Waals surface area contributed by atoms with Crippen LogP contribution >= 0.6 is 11.6 Å². The average Bonchev–Trinajstić information content (AvgIpc) is 2.96. The smallest absolute Gasteiger partial charge is 0.322 e. The summed E-state index contributed by atoms with van der Waals surface area (Å²) in [6, 6.07) is 9.40. The summed E-state index contributed by atoms with van der Waals surface area (Å²) in [5.41, 5.74) is -0.543. The van der Waals surface area contributed by atoms with Crippen molar-refractivity contribution in [3.05, 3.63) is 64.4 Å². The topological polar surface area (TPSA) is 59.8 Å². The molecule has 1 amide bonds. The molecule has 0 aliphatic carbocycles. The molecule has 1 aromatic heterocycles. The van der Waals surface area contributed by atoms with E-state index in [9.17, 15) is 18.0 Å². The van der Waals surface area contributed by atoms with Gasteiger partial charge in [0.15, 0.2) is 5.82 Å². The van der Waals surface area contributed by atoms with Crippen LogP contribution in [0.5, 0.6) is 0 Å². The van der Waals surface area contributed by atoms with E-state index in [-0.39, 0.29) is 0 Å². The standard InChI is InChI=1S/C21H18ClF3N4O/c22-17-10-9-13(26-20(30)14-6-3-4-7-16(14)21(23,24)25)12-15(17)19-28-27-18-8-2-1-5-11-29(18)19/h3-4,6-7,9-10,12H,1-2,5,8,11H2,(H,26,30). The number of carbonyl (C=O) groups is 1. The molecule has 0 spiro atoms. The molecular formula is C21H18ClF3N4O. The number of halogens is 4. The van der Waals surface area contributed by atoms with Gasteiger partial charge in [0.25, 0.3) is 5.91 Å². The molecular weight excluding hydrogens is 417 g/mol. The van der Waals surface area contributed by atoms with E-state index >= 15 is 0 Å². The minimum atomic E-state index is -4.63. The fraction of sp³-hybridized carbons (Fsp3) is 0.286. The minimum absolute atomic E-state index is 0.322. The van der Waals surface area contributed by atoms with Crippen LogP contribution in [0.1, 0.15) is 41.0 Å². The van der Waals surface area contributed by atoms with Gasteiger partial charge < -0.3 is 9.88 Å². The minimum Gasteiger partial charge on any atom is -0.322 e. The number of benzene rings is 2. The normalized spacial score (nSPS) is 14.1. The van der Waals surface area contributed by atoms with Crippen LogP contribution in [0.3, 0.4) is 0 Å². The van der Waals surface area contributed by atoms with Crippen LogP contribution in [0.25, 0.3) is 11.4 Å².